The van der Waals surface area contributed by atoms with Gasteiger partial charge in [-0.15, -0.1) is 0 Å². The number of hydrogen-bond donors (Lipinski definition) is 1. The normalized spacial score (nSPS) is 14.1. The molecule has 4 heteroatoms. The van der Waals surface area contributed by atoms with Gasteiger partial charge in [-0.25, -0.2) is 8.42 Å². The van der Waals surface area contributed by atoms with Crippen molar-refractivity contribution in [3.63, 3.8) is 0 Å². The molecule has 0 aliphatic carbocycles. The molecule has 3 aromatic carbocycles. The van der Waals surface area contributed by atoms with Crippen LogP contribution >= 0.6 is 0 Å². The van der Waals surface area contributed by atoms with Crippen molar-refractivity contribution in [2.75, 3.05) is 6.54 Å². The van der Waals surface area contributed by atoms with Gasteiger partial charge in [0.05, 0.1) is 9.79 Å². The van der Waals surface area contributed by atoms with Crippen LogP contribution in [0, 0.1) is 0 Å². The first-order valence-electron chi connectivity index (χ1n) is 8.38. The Morgan fingerprint density at radius 2 is 1.48 bits per heavy atom. The molecule has 0 fully saturated rings. The molecule has 1 aliphatic rings. The summed E-state index contributed by atoms with van der Waals surface area (Å²) < 4.78 is 25.4. The number of fused-ring (bicyclic) bond motifs is 1. The van der Waals surface area contributed by atoms with Crippen molar-refractivity contribution in [3.05, 3.63) is 83.9 Å². The van der Waals surface area contributed by atoms with E-state index in [1.165, 1.54) is 16.7 Å². The van der Waals surface area contributed by atoms with Crippen molar-refractivity contribution in [3.8, 4) is 11.1 Å². The molecule has 0 amide bonds. The Labute approximate surface area is 148 Å². The number of hydrogen-bond acceptors (Lipinski definition) is 3. The van der Waals surface area contributed by atoms with E-state index >= 15 is 0 Å². The largest absolute Gasteiger partial charge is 0.312 e. The number of sulfone groups is 1. The summed E-state index contributed by atoms with van der Waals surface area (Å²) in [5, 5.41) is 3.39. The molecule has 0 saturated carbocycles. The minimum Gasteiger partial charge on any atom is -0.312 e. The second-order valence-electron chi connectivity index (χ2n) is 6.21. The van der Waals surface area contributed by atoms with Crippen LogP contribution in [0.15, 0.2) is 82.6 Å². The molecule has 0 bridgehead atoms. The third-order valence-corrected chi connectivity index (χ3v) is 6.45. The van der Waals surface area contributed by atoms with Crippen molar-refractivity contribution < 1.29 is 8.42 Å². The first kappa shape index (κ1) is 16.1. The first-order chi connectivity index (χ1) is 12.2. The van der Waals surface area contributed by atoms with Crippen LogP contribution in [0.3, 0.4) is 0 Å². The number of rotatable bonds is 3. The third-order valence-electron chi connectivity index (χ3n) is 4.67. The lowest BCUT2D eigenvalue weighted by Gasteiger charge is -2.20. The Kier molecular flexibility index (Phi) is 4.15. The lowest BCUT2D eigenvalue weighted by molar-refractivity contribution is 0.596. The number of benzene rings is 3. The molecule has 1 heterocycles. The van der Waals surface area contributed by atoms with E-state index in [4.69, 9.17) is 0 Å². The summed E-state index contributed by atoms with van der Waals surface area (Å²) >= 11 is 0. The smallest absolute Gasteiger partial charge is 0.206 e. The molecule has 0 aromatic heterocycles. The van der Waals surface area contributed by atoms with Crippen LogP contribution < -0.4 is 5.32 Å². The van der Waals surface area contributed by atoms with Gasteiger partial charge in [-0.3, -0.25) is 0 Å². The second kappa shape index (κ2) is 6.47. The molecule has 4 rings (SSSR count). The van der Waals surface area contributed by atoms with E-state index in [0.29, 0.717) is 9.79 Å². The van der Waals surface area contributed by atoms with E-state index < -0.39 is 9.84 Å². The van der Waals surface area contributed by atoms with Gasteiger partial charge < -0.3 is 5.32 Å². The molecule has 3 aromatic rings. The van der Waals surface area contributed by atoms with E-state index in [-0.39, 0.29) is 0 Å². The van der Waals surface area contributed by atoms with Crippen molar-refractivity contribution in [2.24, 2.45) is 0 Å². The maximum atomic E-state index is 12.7. The highest BCUT2D eigenvalue weighted by molar-refractivity contribution is 7.91. The van der Waals surface area contributed by atoms with E-state index in [2.05, 4.69) is 23.5 Å². The van der Waals surface area contributed by atoms with E-state index in [9.17, 15) is 8.42 Å². The van der Waals surface area contributed by atoms with Gasteiger partial charge in [-0.05, 0) is 59.5 Å². The Morgan fingerprint density at radius 1 is 0.760 bits per heavy atom. The maximum absolute atomic E-state index is 12.7. The highest BCUT2D eigenvalue weighted by atomic mass is 32.2. The van der Waals surface area contributed by atoms with Gasteiger partial charge >= 0.3 is 0 Å². The van der Waals surface area contributed by atoms with E-state index in [1.807, 2.05) is 18.2 Å². The molecule has 1 aliphatic heterocycles. The molecule has 126 valence electrons. The zero-order chi connectivity index (χ0) is 17.3. The van der Waals surface area contributed by atoms with Gasteiger partial charge in [0.1, 0.15) is 0 Å². The fourth-order valence-corrected chi connectivity index (χ4v) is 4.63. The van der Waals surface area contributed by atoms with Crippen LogP contribution in [0.2, 0.25) is 0 Å². The molecule has 1 N–H and O–H groups in total. The van der Waals surface area contributed by atoms with Crippen LogP contribution in [-0.4, -0.2) is 15.0 Å². The minimum atomic E-state index is -3.47. The van der Waals surface area contributed by atoms with Gasteiger partial charge in [0.2, 0.25) is 9.84 Å². The molecule has 0 atom stereocenters. The Morgan fingerprint density at radius 3 is 2.24 bits per heavy atom. The average Bonchev–Trinajstić information content (AvgIpc) is 2.68. The van der Waals surface area contributed by atoms with Crippen molar-refractivity contribution in [2.45, 2.75) is 22.8 Å². The summed E-state index contributed by atoms with van der Waals surface area (Å²) in [5.74, 6) is 0. The zero-order valence-corrected chi connectivity index (χ0v) is 14.6. The summed E-state index contributed by atoms with van der Waals surface area (Å²) in [4.78, 5) is 0.653. The number of nitrogens with one attached hydrogen (secondary N) is 1. The highest BCUT2D eigenvalue weighted by Crippen LogP contribution is 2.30. The topological polar surface area (TPSA) is 46.2 Å². The zero-order valence-electron chi connectivity index (χ0n) is 13.8. The third kappa shape index (κ3) is 2.99. The van der Waals surface area contributed by atoms with Crippen LogP contribution in [0.25, 0.3) is 11.1 Å². The predicted octanol–water partition coefficient (Wildman–Crippen LogP) is 3.83. The van der Waals surface area contributed by atoms with Gasteiger partial charge in [-0.1, -0.05) is 48.5 Å². The molecule has 0 saturated heterocycles. The SMILES string of the molecule is O=S(=O)(c1ccccc1)c1ccc(-c2cccc3c2CCNC3)cc1. The molecule has 3 nitrogen and oxygen atoms in total. The summed E-state index contributed by atoms with van der Waals surface area (Å²) in [5.41, 5.74) is 4.94. The molecular weight excluding hydrogens is 330 g/mol. The fourth-order valence-electron chi connectivity index (χ4n) is 3.35. The molecule has 0 spiro atoms. The minimum absolute atomic E-state index is 0.325. The fraction of sp³-hybridized carbons (Fsp3) is 0.143. The molecule has 25 heavy (non-hydrogen) atoms. The van der Waals surface area contributed by atoms with Gasteiger partial charge in [-0.2, -0.15) is 0 Å². The Bertz CT molecular complexity index is 994. The van der Waals surface area contributed by atoms with E-state index in [0.717, 1.165) is 25.1 Å². The quantitative estimate of drug-likeness (QED) is 0.782. The van der Waals surface area contributed by atoms with E-state index in [1.54, 1.807) is 36.4 Å². The summed E-state index contributed by atoms with van der Waals surface area (Å²) in [6.45, 7) is 1.87. The lowest BCUT2D eigenvalue weighted by atomic mass is 9.91. The predicted molar refractivity (Wildman–Crippen MR) is 99.2 cm³/mol. The molecular formula is C21H19NO2S. The average molecular weight is 349 g/mol. The summed E-state index contributed by atoms with van der Waals surface area (Å²) in [6, 6.07) is 22.1. The van der Waals surface area contributed by atoms with Gasteiger partial charge in [0, 0.05) is 6.54 Å². The van der Waals surface area contributed by atoms with Crippen LogP contribution in [0.5, 0.6) is 0 Å². The lowest BCUT2D eigenvalue weighted by Crippen LogP contribution is -2.24. The first-order valence-corrected chi connectivity index (χ1v) is 9.87. The standard InChI is InChI=1S/C21H19NO2S/c23-25(24,18-6-2-1-3-7-18)19-11-9-16(10-12-19)20-8-4-5-17-15-22-14-13-21(17)20/h1-12,22H,13-15H2. The van der Waals surface area contributed by atoms with Crippen molar-refractivity contribution >= 4 is 9.84 Å². The van der Waals surface area contributed by atoms with Crippen molar-refractivity contribution in [1.29, 1.82) is 0 Å². The Hall–Kier alpha value is -2.43. The summed E-state index contributed by atoms with van der Waals surface area (Å²) in [7, 11) is -3.47. The molecule has 0 unspecified atom stereocenters. The molecule has 0 radical (unpaired) electrons. The highest BCUT2D eigenvalue weighted by Gasteiger charge is 2.18. The van der Waals surface area contributed by atoms with Gasteiger partial charge in [0.15, 0.2) is 0 Å². The van der Waals surface area contributed by atoms with Crippen LogP contribution in [0.1, 0.15) is 11.1 Å². The second-order valence-corrected chi connectivity index (χ2v) is 8.16. The summed E-state index contributed by atoms with van der Waals surface area (Å²) in [6.07, 6.45) is 0.996. The monoisotopic (exact) mass is 349 g/mol. The van der Waals surface area contributed by atoms with Gasteiger partial charge in [0.25, 0.3) is 0 Å². The van der Waals surface area contributed by atoms with Crippen LogP contribution in [-0.2, 0) is 22.8 Å². The maximum Gasteiger partial charge on any atom is 0.206 e. The Balaban J connectivity index is 1.72. The van der Waals surface area contributed by atoms with Crippen molar-refractivity contribution in [1.82, 2.24) is 5.32 Å². The van der Waals surface area contributed by atoms with Crippen LogP contribution in [0.4, 0.5) is 0 Å².